The lowest BCUT2D eigenvalue weighted by molar-refractivity contribution is 0.368. The molecular formula is C15H21Cl. The summed E-state index contributed by atoms with van der Waals surface area (Å²) >= 11 is 6.61. The van der Waals surface area contributed by atoms with E-state index in [1.807, 2.05) is 0 Å². The maximum absolute atomic E-state index is 6.61. The van der Waals surface area contributed by atoms with Crippen LogP contribution in [0.25, 0.3) is 0 Å². The molecule has 0 aliphatic heterocycles. The lowest BCUT2D eigenvalue weighted by atomic mass is 9.86. The van der Waals surface area contributed by atoms with E-state index in [1.54, 1.807) is 0 Å². The standard InChI is InChI=1S/C15H21Cl/c16-15(14-11-7-4-8-12-14)13-9-5-2-1-3-6-10-13/h4,7-8,11-13,15H,1-3,5-6,9-10H2. The maximum atomic E-state index is 6.61. The number of rotatable bonds is 2. The molecule has 1 atom stereocenters. The molecular weight excluding hydrogens is 216 g/mol. The van der Waals surface area contributed by atoms with Crippen molar-refractivity contribution in [3.8, 4) is 0 Å². The van der Waals surface area contributed by atoms with Crippen molar-refractivity contribution in [1.29, 1.82) is 0 Å². The second-order valence-electron chi connectivity index (χ2n) is 4.92. The third-order valence-corrected chi connectivity index (χ3v) is 4.29. The molecule has 0 aromatic heterocycles. The first-order valence-electron chi connectivity index (χ1n) is 6.57. The molecule has 1 aliphatic rings. The second-order valence-corrected chi connectivity index (χ2v) is 5.39. The zero-order chi connectivity index (χ0) is 11.2. The zero-order valence-electron chi connectivity index (χ0n) is 9.87. The molecule has 0 bridgehead atoms. The van der Waals surface area contributed by atoms with Gasteiger partial charge in [0.15, 0.2) is 0 Å². The Hall–Kier alpha value is -0.490. The lowest BCUT2D eigenvalue weighted by Crippen LogP contribution is -2.10. The molecule has 0 radical (unpaired) electrons. The average molecular weight is 237 g/mol. The molecule has 88 valence electrons. The number of alkyl halides is 1. The molecule has 1 aromatic rings. The normalized spacial score (nSPS) is 21.1. The molecule has 2 rings (SSSR count). The molecule has 1 fully saturated rings. The first-order valence-corrected chi connectivity index (χ1v) is 7.00. The summed E-state index contributed by atoms with van der Waals surface area (Å²) in [6, 6.07) is 10.6. The predicted octanol–water partition coefficient (Wildman–Crippen LogP) is 5.33. The Bertz CT molecular complexity index is 286. The molecule has 16 heavy (non-hydrogen) atoms. The van der Waals surface area contributed by atoms with Crippen LogP contribution in [0.4, 0.5) is 0 Å². The average Bonchev–Trinajstić information content (AvgIpc) is 2.29. The van der Waals surface area contributed by atoms with Gasteiger partial charge in [-0.2, -0.15) is 0 Å². The van der Waals surface area contributed by atoms with E-state index < -0.39 is 0 Å². The number of hydrogen-bond acceptors (Lipinski definition) is 0. The second kappa shape index (κ2) is 6.30. The first-order chi connectivity index (χ1) is 7.88. The van der Waals surface area contributed by atoms with Gasteiger partial charge in [0, 0.05) is 0 Å². The van der Waals surface area contributed by atoms with Crippen molar-refractivity contribution in [3.05, 3.63) is 35.9 Å². The monoisotopic (exact) mass is 236 g/mol. The molecule has 1 aromatic carbocycles. The Morgan fingerprint density at radius 3 is 2.06 bits per heavy atom. The van der Waals surface area contributed by atoms with Gasteiger partial charge in [-0.1, -0.05) is 62.4 Å². The van der Waals surface area contributed by atoms with E-state index in [9.17, 15) is 0 Å². The van der Waals surface area contributed by atoms with Gasteiger partial charge in [0.2, 0.25) is 0 Å². The maximum Gasteiger partial charge on any atom is 0.0613 e. The molecule has 0 N–H and O–H groups in total. The predicted molar refractivity (Wildman–Crippen MR) is 70.8 cm³/mol. The van der Waals surface area contributed by atoms with Gasteiger partial charge in [0.1, 0.15) is 0 Å². The van der Waals surface area contributed by atoms with Crippen LogP contribution in [-0.2, 0) is 0 Å². The van der Waals surface area contributed by atoms with E-state index in [0.29, 0.717) is 5.92 Å². The van der Waals surface area contributed by atoms with Gasteiger partial charge in [0.25, 0.3) is 0 Å². The first kappa shape index (κ1) is 12.0. The summed E-state index contributed by atoms with van der Waals surface area (Å²) in [4.78, 5) is 0. The van der Waals surface area contributed by atoms with E-state index in [2.05, 4.69) is 30.3 Å². The molecule has 1 heteroatoms. The summed E-state index contributed by atoms with van der Waals surface area (Å²) in [6.45, 7) is 0. The van der Waals surface area contributed by atoms with Crippen LogP contribution < -0.4 is 0 Å². The third kappa shape index (κ3) is 3.25. The van der Waals surface area contributed by atoms with Crippen LogP contribution in [-0.4, -0.2) is 0 Å². The summed E-state index contributed by atoms with van der Waals surface area (Å²) in [5.41, 5.74) is 1.30. The van der Waals surface area contributed by atoms with Crippen LogP contribution in [0.3, 0.4) is 0 Å². The van der Waals surface area contributed by atoms with Gasteiger partial charge < -0.3 is 0 Å². The highest BCUT2D eigenvalue weighted by Crippen LogP contribution is 2.37. The number of halogens is 1. The smallest absolute Gasteiger partial charge is 0.0613 e. The van der Waals surface area contributed by atoms with E-state index in [-0.39, 0.29) is 5.38 Å². The number of hydrogen-bond donors (Lipinski definition) is 0. The van der Waals surface area contributed by atoms with Gasteiger partial charge in [0.05, 0.1) is 5.38 Å². The van der Waals surface area contributed by atoms with Gasteiger partial charge in [-0.15, -0.1) is 11.6 Å². The summed E-state index contributed by atoms with van der Waals surface area (Å²) in [7, 11) is 0. The largest absolute Gasteiger partial charge is 0.118 e. The van der Waals surface area contributed by atoms with Crippen molar-refractivity contribution in [3.63, 3.8) is 0 Å². The van der Waals surface area contributed by atoms with Crippen LogP contribution in [0.15, 0.2) is 30.3 Å². The minimum absolute atomic E-state index is 0.222. The van der Waals surface area contributed by atoms with Gasteiger partial charge in [-0.25, -0.2) is 0 Å². The van der Waals surface area contributed by atoms with Crippen molar-refractivity contribution in [1.82, 2.24) is 0 Å². The summed E-state index contributed by atoms with van der Waals surface area (Å²) < 4.78 is 0. The van der Waals surface area contributed by atoms with Crippen molar-refractivity contribution < 1.29 is 0 Å². The van der Waals surface area contributed by atoms with Crippen LogP contribution in [0, 0.1) is 5.92 Å². The lowest BCUT2D eigenvalue weighted by Gasteiger charge is -2.24. The zero-order valence-corrected chi connectivity index (χ0v) is 10.6. The molecule has 0 amide bonds. The van der Waals surface area contributed by atoms with Gasteiger partial charge in [-0.3, -0.25) is 0 Å². The minimum Gasteiger partial charge on any atom is -0.118 e. The highest BCUT2D eigenvalue weighted by Gasteiger charge is 2.21. The van der Waals surface area contributed by atoms with E-state index >= 15 is 0 Å². The highest BCUT2D eigenvalue weighted by molar-refractivity contribution is 6.21. The minimum atomic E-state index is 0.222. The highest BCUT2D eigenvalue weighted by atomic mass is 35.5. The van der Waals surface area contributed by atoms with Crippen molar-refractivity contribution in [2.75, 3.05) is 0 Å². The molecule has 1 unspecified atom stereocenters. The van der Waals surface area contributed by atoms with Gasteiger partial charge in [-0.05, 0) is 24.3 Å². The van der Waals surface area contributed by atoms with Crippen LogP contribution in [0.5, 0.6) is 0 Å². The van der Waals surface area contributed by atoms with E-state index in [0.717, 1.165) is 0 Å². The third-order valence-electron chi connectivity index (χ3n) is 3.68. The SMILES string of the molecule is ClC(c1ccccc1)C1CCCCCCC1. The summed E-state index contributed by atoms with van der Waals surface area (Å²) in [6.07, 6.45) is 9.56. The fraction of sp³-hybridized carbons (Fsp3) is 0.600. The molecule has 0 nitrogen and oxygen atoms in total. The molecule has 0 saturated heterocycles. The Morgan fingerprint density at radius 1 is 0.875 bits per heavy atom. The van der Waals surface area contributed by atoms with Crippen molar-refractivity contribution >= 4 is 11.6 Å². The Balaban J connectivity index is 1.99. The van der Waals surface area contributed by atoms with Crippen LogP contribution in [0.1, 0.15) is 55.9 Å². The van der Waals surface area contributed by atoms with Gasteiger partial charge >= 0.3 is 0 Å². The molecule has 1 aliphatic carbocycles. The molecule has 1 saturated carbocycles. The topological polar surface area (TPSA) is 0 Å². The number of benzene rings is 1. The Labute approximate surface area is 104 Å². The Morgan fingerprint density at radius 2 is 1.44 bits per heavy atom. The van der Waals surface area contributed by atoms with Crippen LogP contribution in [0.2, 0.25) is 0 Å². The van der Waals surface area contributed by atoms with E-state index in [4.69, 9.17) is 11.6 Å². The molecule has 0 spiro atoms. The van der Waals surface area contributed by atoms with Crippen molar-refractivity contribution in [2.24, 2.45) is 5.92 Å². The summed E-state index contributed by atoms with van der Waals surface area (Å²) in [5, 5.41) is 0.222. The molecule has 0 heterocycles. The quantitative estimate of drug-likeness (QED) is 0.609. The Kier molecular flexibility index (Phi) is 4.71. The van der Waals surface area contributed by atoms with Crippen molar-refractivity contribution in [2.45, 2.75) is 50.3 Å². The van der Waals surface area contributed by atoms with Crippen LogP contribution >= 0.6 is 11.6 Å². The fourth-order valence-corrected chi connectivity index (χ4v) is 3.09. The fourth-order valence-electron chi connectivity index (χ4n) is 2.69. The van der Waals surface area contributed by atoms with E-state index in [1.165, 1.54) is 50.5 Å². The summed E-state index contributed by atoms with van der Waals surface area (Å²) in [5.74, 6) is 0.685.